The van der Waals surface area contributed by atoms with Crippen molar-refractivity contribution in [3.05, 3.63) is 81.1 Å². The van der Waals surface area contributed by atoms with E-state index in [9.17, 15) is 4.79 Å². The van der Waals surface area contributed by atoms with Crippen molar-refractivity contribution in [1.82, 2.24) is 9.99 Å². The average molecular weight is 454 g/mol. The average Bonchev–Trinajstić information content (AvgIpc) is 2.92. The number of amides is 1. The maximum absolute atomic E-state index is 12.0. The van der Waals surface area contributed by atoms with Crippen LogP contribution in [0.1, 0.15) is 28.1 Å². The molecule has 2 aromatic carbocycles. The summed E-state index contributed by atoms with van der Waals surface area (Å²) in [7, 11) is 0. The van der Waals surface area contributed by atoms with E-state index in [4.69, 9.17) is 4.74 Å². The van der Waals surface area contributed by atoms with E-state index in [1.54, 1.807) is 18.3 Å². The third-order valence-electron chi connectivity index (χ3n) is 4.86. The number of ether oxygens (including phenoxy) is 1. The van der Waals surface area contributed by atoms with Crippen LogP contribution in [-0.4, -0.2) is 23.3 Å². The fourth-order valence-electron chi connectivity index (χ4n) is 3.09. The van der Waals surface area contributed by atoms with Crippen LogP contribution in [0.4, 0.5) is 0 Å². The number of nitrogens with zero attached hydrogens (tertiary/aromatic N) is 2. The molecule has 0 saturated heterocycles. The van der Waals surface area contributed by atoms with Gasteiger partial charge in [0.1, 0.15) is 5.75 Å². The van der Waals surface area contributed by atoms with Gasteiger partial charge < -0.3 is 9.30 Å². The number of para-hydroxylation sites is 1. The van der Waals surface area contributed by atoms with Crippen molar-refractivity contribution >= 4 is 28.1 Å². The minimum Gasteiger partial charge on any atom is -0.484 e. The van der Waals surface area contributed by atoms with Crippen LogP contribution in [0.3, 0.4) is 0 Å². The van der Waals surface area contributed by atoms with E-state index >= 15 is 0 Å². The Kier molecular flexibility index (Phi) is 6.54. The SMILES string of the molecule is Cc1ccc(-n2c(C)c(Br)c(/C=N\NC(=O)COc3ccccc3)c2C)cc1C. The lowest BCUT2D eigenvalue weighted by Gasteiger charge is -2.11. The van der Waals surface area contributed by atoms with Gasteiger partial charge in [0.2, 0.25) is 0 Å². The quantitative estimate of drug-likeness (QED) is 0.421. The maximum Gasteiger partial charge on any atom is 0.277 e. The van der Waals surface area contributed by atoms with Crippen molar-refractivity contribution in [3.8, 4) is 11.4 Å². The number of hydrogen-bond donors (Lipinski definition) is 1. The van der Waals surface area contributed by atoms with Gasteiger partial charge >= 0.3 is 0 Å². The van der Waals surface area contributed by atoms with Gasteiger partial charge in [0.05, 0.1) is 6.21 Å². The zero-order valence-electron chi connectivity index (χ0n) is 17.0. The molecule has 3 aromatic rings. The van der Waals surface area contributed by atoms with Crippen molar-refractivity contribution in [2.75, 3.05) is 6.61 Å². The standard InChI is InChI=1S/C23H24BrN3O2/c1-15-10-11-19(12-16(15)2)27-17(3)21(23(24)18(27)4)13-25-26-22(28)14-29-20-8-6-5-7-9-20/h5-13H,14H2,1-4H3,(H,26,28)/b25-13-. The second kappa shape index (κ2) is 9.09. The monoisotopic (exact) mass is 453 g/mol. The van der Waals surface area contributed by atoms with Crippen LogP contribution in [-0.2, 0) is 4.79 Å². The molecule has 1 heterocycles. The van der Waals surface area contributed by atoms with E-state index in [1.807, 2.05) is 25.1 Å². The third kappa shape index (κ3) is 4.77. The first-order valence-corrected chi connectivity index (χ1v) is 10.1. The van der Waals surface area contributed by atoms with Crippen molar-refractivity contribution in [3.63, 3.8) is 0 Å². The molecule has 29 heavy (non-hydrogen) atoms. The second-order valence-corrected chi connectivity index (χ2v) is 7.69. The summed E-state index contributed by atoms with van der Waals surface area (Å²) in [5, 5.41) is 4.11. The van der Waals surface area contributed by atoms with Gasteiger partial charge in [-0.1, -0.05) is 24.3 Å². The summed E-state index contributed by atoms with van der Waals surface area (Å²) in [6.45, 7) is 8.21. The maximum atomic E-state index is 12.0. The number of aryl methyl sites for hydroxylation is 2. The summed E-state index contributed by atoms with van der Waals surface area (Å²) in [6.07, 6.45) is 1.66. The van der Waals surface area contributed by atoms with E-state index < -0.39 is 0 Å². The highest BCUT2D eigenvalue weighted by Crippen LogP contribution is 2.30. The number of aromatic nitrogens is 1. The van der Waals surface area contributed by atoms with Gasteiger partial charge in [-0.15, -0.1) is 0 Å². The predicted octanol–water partition coefficient (Wildman–Crippen LogP) is 5.00. The molecule has 150 valence electrons. The minimum absolute atomic E-state index is 0.0931. The second-order valence-electron chi connectivity index (χ2n) is 6.90. The normalized spacial score (nSPS) is 11.1. The Morgan fingerprint density at radius 2 is 1.79 bits per heavy atom. The highest BCUT2D eigenvalue weighted by atomic mass is 79.9. The molecular formula is C23H24BrN3O2. The Balaban J connectivity index is 1.72. The molecule has 0 aliphatic carbocycles. The molecule has 0 radical (unpaired) electrons. The van der Waals surface area contributed by atoms with Gasteiger partial charge in [-0.2, -0.15) is 5.10 Å². The topological polar surface area (TPSA) is 55.6 Å². The van der Waals surface area contributed by atoms with Gasteiger partial charge in [-0.3, -0.25) is 4.79 Å². The van der Waals surface area contributed by atoms with E-state index in [2.05, 4.69) is 70.0 Å². The first kappa shape index (κ1) is 20.9. The Labute approximate surface area is 179 Å². The molecule has 0 unspecified atom stereocenters. The van der Waals surface area contributed by atoms with Gasteiger partial charge in [0, 0.05) is 27.1 Å². The first-order valence-electron chi connectivity index (χ1n) is 9.33. The molecule has 0 bridgehead atoms. The van der Waals surface area contributed by atoms with E-state index in [-0.39, 0.29) is 12.5 Å². The summed E-state index contributed by atoms with van der Waals surface area (Å²) < 4.78 is 8.55. The number of carbonyl (C=O) groups excluding carboxylic acids is 1. The fraction of sp³-hybridized carbons (Fsp3) is 0.217. The van der Waals surface area contributed by atoms with Crippen LogP contribution >= 0.6 is 15.9 Å². The molecule has 1 amide bonds. The van der Waals surface area contributed by atoms with Crippen LogP contribution in [0.2, 0.25) is 0 Å². The van der Waals surface area contributed by atoms with Crippen molar-refractivity contribution in [1.29, 1.82) is 0 Å². The van der Waals surface area contributed by atoms with Crippen molar-refractivity contribution in [2.24, 2.45) is 5.10 Å². The van der Waals surface area contributed by atoms with Crippen molar-refractivity contribution in [2.45, 2.75) is 27.7 Å². The molecule has 0 aliphatic rings. The van der Waals surface area contributed by atoms with Crippen LogP contribution in [0.15, 0.2) is 58.1 Å². The van der Waals surface area contributed by atoms with Crippen LogP contribution in [0.25, 0.3) is 5.69 Å². The Bertz CT molecular complexity index is 1060. The molecule has 5 nitrogen and oxygen atoms in total. The summed E-state index contributed by atoms with van der Waals surface area (Å²) in [5.41, 5.74) is 9.16. The lowest BCUT2D eigenvalue weighted by atomic mass is 10.1. The van der Waals surface area contributed by atoms with Crippen LogP contribution in [0, 0.1) is 27.7 Å². The largest absolute Gasteiger partial charge is 0.484 e. The fourth-order valence-corrected chi connectivity index (χ4v) is 3.66. The Morgan fingerprint density at radius 3 is 2.48 bits per heavy atom. The van der Waals surface area contributed by atoms with Crippen molar-refractivity contribution < 1.29 is 9.53 Å². The summed E-state index contributed by atoms with van der Waals surface area (Å²) in [5.74, 6) is 0.329. The number of hydrazone groups is 1. The van der Waals surface area contributed by atoms with Gasteiger partial charge in [-0.05, 0) is 79.0 Å². The first-order chi connectivity index (χ1) is 13.9. The number of benzene rings is 2. The predicted molar refractivity (Wildman–Crippen MR) is 120 cm³/mol. The molecule has 1 aromatic heterocycles. The minimum atomic E-state index is -0.316. The van der Waals surface area contributed by atoms with E-state index in [0.717, 1.165) is 27.1 Å². The molecule has 1 N–H and O–H groups in total. The zero-order valence-corrected chi connectivity index (χ0v) is 18.6. The molecule has 0 saturated carbocycles. The van der Waals surface area contributed by atoms with E-state index in [1.165, 1.54) is 11.1 Å². The number of carbonyl (C=O) groups is 1. The molecule has 0 fully saturated rings. The number of nitrogens with one attached hydrogen (secondary N) is 1. The molecule has 0 spiro atoms. The molecule has 0 atom stereocenters. The highest BCUT2D eigenvalue weighted by molar-refractivity contribution is 9.10. The lowest BCUT2D eigenvalue weighted by Crippen LogP contribution is -2.24. The van der Waals surface area contributed by atoms with Gasteiger partial charge in [-0.25, -0.2) is 5.43 Å². The van der Waals surface area contributed by atoms with Gasteiger partial charge in [0.25, 0.3) is 5.91 Å². The number of hydrogen-bond acceptors (Lipinski definition) is 3. The van der Waals surface area contributed by atoms with Crippen LogP contribution < -0.4 is 10.2 Å². The third-order valence-corrected chi connectivity index (χ3v) is 5.86. The van der Waals surface area contributed by atoms with E-state index in [0.29, 0.717) is 5.75 Å². The van der Waals surface area contributed by atoms with Crippen LogP contribution in [0.5, 0.6) is 5.75 Å². The number of halogens is 1. The summed E-state index contributed by atoms with van der Waals surface area (Å²) in [4.78, 5) is 12.0. The number of rotatable bonds is 6. The molecule has 0 aliphatic heterocycles. The molecule has 6 heteroatoms. The lowest BCUT2D eigenvalue weighted by molar-refractivity contribution is -0.123. The zero-order chi connectivity index (χ0) is 21.0. The summed E-state index contributed by atoms with van der Waals surface area (Å²) >= 11 is 3.66. The Hall–Kier alpha value is -2.86. The highest BCUT2D eigenvalue weighted by Gasteiger charge is 2.16. The molecular weight excluding hydrogens is 430 g/mol. The summed E-state index contributed by atoms with van der Waals surface area (Å²) in [6, 6.07) is 15.6. The van der Waals surface area contributed by atoms with Gasteiger partial charge in [0.15, 0.2) is 6.61 Å². The smallest absolute Gasteiger partial charge is 0.277 e. The Morgan fingerprint density at radius 1 is 1.07 bits per heavy atom. The molecule has 3 rings (SSSR count).